The number of esters is 2. The molecule has 2 heterocycles. The number of methoxy groups -OCH3 is 1. The highest BCUT2D eigenvalue weighted by Gasteiger charge is 2.72. The fourth-order valence-electron chi connectivity index (χ4n) is 7.62. The Bertz CT molecular complexity index is 1610. The van der Waals surface area contributed by atoms with E-state index in [1.165, 1.54) is 20.8 Å². The molecule has 4 aliphatic rings. The van der Waals surface area contributed by atoms with Crippen LogP contribution in [0.3, 0.4) is 0 Å². The summed E-state index contributed by atoms with van der Waals surface area (Å²) in [4.78, 5) is 53.2. The van der Waals surface area contributed by atoms with Gasteiger partial charge in [-0.05, 0) is 63.6 Å². The molecule has 12 heteroatoms. The lowest BCUT2D eigenvalue weighted by Gasteiger charge is -2.61. The summed E-state index contributed by atoms with van der Waals surface area (Å²) in [5.41, 5.74) is 0.496. The smallest absolute Gasteiger partial charge is 0.352 e. The molecule has 0 saturated carbocycles. The molecule has 2 aliphatic carbocycles. The van der Waals surface area contributed by atoms with Crippen molar-refractivity contribution in [3.8, 4) is 11.5 Å². The molecule has 0 unspecified atom stereocenters. The van der Waals surface area contributed by atoms with Gasteiger partial charge in [-0.2, -0.15) is 0 Å². The van der Waals surface area contributed by atoms with Crippen molar-refractivity contribution >= 4 is 23.8 Å². The zero-order valence-electron chi connectivity index (χ0n) is 26.5. The van der Waals surface area contributed by atoms with Crippen LogP contribution in [-0.4, -0.2) is 84.4 Å². The molecular weight excluding hydrogens is 594 g/mol. The van der Waals surface area contributed by atoms with Gasteiger partial charge in [0, 0.05) is 24.9 Å². The van der Waals surface area contributed by atoms with Gasteiger partial charge in [0.1, 0.15) is 17.8 Å². The number of likely N-dealkylation sites (tertiary alicyclic amines) is 1. The predicted molar refractivity (Wildman–Crippen MR) is 164 cm³/mol. The average Bonchev–Trinajstić information content (AvgIpc) is 3.39. The predicted octanol–water partition coefficient (Wildman–Crippen LogP) is 1.83. The van der Waals surface area contributed by atoms with E-state index in [2.05, 4.69) is 15.5 Å². The average molecular weight is 634 g/mol. The SMILES string of the molecule is COc1ccc2c3c1O[C@@H]1C(OC(=O)[C@H](C)OC(=O)[C@H](C)NC(=O)[C@@H](NC(C)=O)c4ccccc4)=CC[C@]4(O)[C@H](C2)N(C)CC[C@@]314. The van der Waals surface area contributed by atoms with Gasteiger partial charge in [-0.25, -0.2) is 9.59 Å². The minimum atomic E-state index is -1.32. The molecule has 2 aliphatic heterocycles. The van der Waals surface area contributed by atoms with Gasteiger partial charge in [-0.15, -0.1) is 0 Å². The number of nitrogens with zero attached hydrogens (tertiary/aromatic N) is 1. The van der Waals surface area contributed by atoms with Crippen molar-refractivity contribution in [2.24, 2.45) is 0 Å². The number of rotatable bonds is 9. The normalized spacial score (nSPS) is 27.5. The van der Waals surface area contributed by atoms with Gasteiger partial charge in [0.25, 0.3) is 0 Å². The van der Waals surface area contributed by atoms with Crippen molar-refractivity contribution in [3.05, 3.63) is 71.0 Å². The van der Waals surface area contributed by atoms with Gasteiger partial charge in [0.05, 0.1) is 18.1 Å². The van der Waals surface area contributed by atoms with Crippen molar-refractivity contribution in [2.75, 3.05) is 20.7 Å². The van der Waals surface area contributed by atoms with Crippen molar-refractivity contribution in [1.29, 1.82) is 0 Å². The fourth-order valence-corrected chi connectivity index (χ4v) is 7.62. The van der Waals surface area contributed by atoms with Crippen LogP contribution in [0.15, 0.2) is 54.3 Å². The number of aliphatic hydroxyl groups is 1. The number of carbonyl (C=O) groups excluding carboxylic acids is 4. The van der Waals surface area contributed by atoms with E-state index in [-0.39, 0.29) is 18.2 Å². The van der Waals surface area contributed by atoms with Crippen molar-refractivity contribution < 1.29 is 43.2 Å². The second-order valence-electron chi connectivity index (χ2n) is 12.6. The highest BCUT2D eigenvalue weighted by atomic mass is 16.6. The molecular formula is C34H39N3O9. The molecule has 7 atom stereocenters. The molecule has 3 N–H and O–H groups in total. The van der Waals surface area contributed by atoms with Crippen LogP contribution in [0.25, 0.3) is 0 Å². The Hall–Kier alpha value is -4.42. The van der Waals surface area contributed by atoms with Crippen LogP contribution in [0, 0.1) is 0 Å². The van der Waals surface area contributed by atoms with Crippen molar-refractivity contribution in [1.82, 2.24) is 15.5 Å². The summed E-state index contributed by atoms with van der Waals surface area (Å²) < 4.78 is 23.4. The van der Waals surface area contributed by atoms with E-state index in [9.17, 15) is 24.3 Å². The third-order valence-corrected chi connectivity index (χ3v) is 9.86. The third-order valence-electron chi connectivity index (χ3n) is 9.86. The quantitative estimate of drug-likeness (QED) is 0.349. The minimum Gasteiger partial charge on any atom is -0.493 e. The number of nitrogens with one attached hydrogen (secondary N) is 2. The van der Waals surface area contributed by atoms with Crippen LogP contribution >= 0.6 is 0 Å². The van der Waals surface area contributed by atoms with Gasteiger partial charge in [-0.3, -0.25) is 9.59 Å². The van der Waals surface area contributed by atoms with Crippen LogP contribution in [0.5, 0.6) is 11.5 Å². The highest BCUT2D eigenvalue weighted by Crippen LogP contribution is 2.65. The van der Waals surface area contributed by atoms with Gasteiger partial charge < -0.3 is 39.6 Å². The number of likely N-dealkylation sites (N-methyl/N-ethyl adjacent to an activating group) is 1. The number of amides is 2. The summed E-state index contributed by atoms with van der Waals surface area (Å²) in [5, 5.41) is 17.5. The van der Waals surface area contributed by atoms with E-state index in [4.69, 9.17) is 18.9 Å². The number of hydrogen-bond acceptors (Lipinski definition) is 10. The lowest BCUT2D eigenvalue weighted by molar-refractivity contribution is -0.176. The number of ether oxygens (including phenoxy) is 4. The molecule has 2 aromatic rings. The molecule has 2 bridgehead atoms. The third kappa shape index (κ3) is 4.91. The van der Waals surface area contributed by atoms with Crippen LogP contribution < -0.4 is 20.1 Å². The molecule has 6 rings (SSSR count). The maximum atomic E-state index is 13.3. The first kappa shape index (κ1) is 31.6. The number of hydrogen-bond donors (Lipinski definition) is 3. The molecule has 2 aromatic carbocycles. The Balaban J connectivity index is 1.16. The maximum Gasteiger partial charge on any atom is 0.352 e. The highest BCUT2D eigenvalue weighted by molar-refractivity contribution is 5.91. The standard InChI is InChI=1S/C34H39N3O9/c1-18(35-30(39)27(36-20(3)38)21-9-7-6-8-10-21)31(40)44-19(2)32(41)45-24-13-14-34(42)25-17-22-11-12-23(43-5)28-26(22)33(34,29(24)46-28)15-16-37(25)4/h6-13,18-19,25,27,29,42H,14-17H2,1-5H3,(H,35,39)(H,36,38)/t18-,19-,25-,27-,29+,33+,34-/m0/s1. The Kier molecular flexibility index (Phi) is 8.06. The summed E-state index contributed by atoms with van der Waals surface area (Å²) >= 11 is 0. The topological polar surface area (TPSA) is 153 Å². The molecule has 1 saturated heterocycles. The molecule has 244 valence electrons. The lowest BCUT2D eigenvalue weighted by Crippen LogP contribution is -2.74. The zero-order chi connectivity index (χ0) is 33.0. The zero-order valence-corrected chi connectivity index (χ0v) is 26.5. The summed E-state index contributed by atoms with van der Waals surface area (Å²) in [5.74, 6) is -1.38. The molecule has 2 amide bonds. The van der Waals surface area contributed by atoms with E-state index < -0.39 is 59.1 Å². The van der Waals surface area contributed by atoms with Crippen LogP contribution in [0.1, 0.15) is 56.3 Å². The first-order chi connectivity index (χ1) is 21.9. The van der Waals surface area contributed by atoms with E-state index >= 15 is 0 Å². The molecule has 0 aromatic heterocycles. The number of piperidine rings is 1. The van der Waals surface area contributed by atoms with Gasteiger partial charge in [0.2, 0.25) is 11.8 Å². The Morgan fingerprint density at radius 3 is 2.50 bits per heavy atom. The van der Waals surface area contributed by atoms with Crippen LogP contribution in [0.2, 0.25) is 0 Å². The molecule has 0 radical (unpaired) electrons. The largest absolute Gasteiger partial charge is 0.493 e. The first-order valence-corrected chi connectivity index (χ1v) is 15.5. The van der Waals surface area contributed by atoms with Gasteiger partial charge in [0.15, 0.2) is 23.7 Å². The molecule has 12 nitrogen and oxygen atoms in total. The summed E-state index contributed by atoms with van der Waals surface area (Å²) in [6.45, 7) is 4.81. The summed E-state index contributed by atoms with van der Waals surface area (Å²) in [6.07, 6.45) is 1.05. The maximum absolute atomic E-state index is 13.3. The number of benzene rings is 2. The van der Waals surface area contributed by atoms with E-state index in [1.54, 1.807) is 43.5 Å². The molecule has 1 fully saturated rings. The minimum absolute atomic E-state index is 0.156. The van der Waals surface area contributed by atoms with Gasteiger partial charge >= 0.3 is 11.9 Å². The van der Waals surface area contributed by atoms with Gasteiger partial charge in [-0.1, -0.05) is 36.4 Å². The van der Waals surface area contributed by atoms with Crippen molar-refractivity contribution in [2.45, 2.75) is 81.4 Å². The Labute approximate surface area is 267 Å². The molecule has 46 heavy (non-hydrogen) atoms. The fraction of sp³-hybridized carbons (Fsp3) is 0.471. The summed E-state index contributed by atoms with van der Waals surface area (Å²) in [7, 11) is 3.57. The van der Waals surface area contributed by atoms with Crippen molar-refractivity contribution in [3.63, 3.8) is 0 Å². The molecule has 1 spiro atoms. The second kappa shape index (κ2) is 11.7. The first-order valence-electron chi connectivity index (χ1n) is 15.5. The van der Waals surface area contributed by atoms with Crippen LogP contribution in [0.4, 0.5) is 0 Å². The van der Waals surface area contributed by atoms with E-state index in [0.717, 1.165) is 17.7 Å². The van der Waals surface area contributed by atoms with E-state index in [1.807, 2.05) is 19.2 Å². The lowest BCUT2D eigenvalue weighted by atomic mass is 9.50. The second-order valence-corrected chi connectivity index (χ2v) is 12.6. The number of carbonyl (C=O) groups is 4. The summed E-state index contributed by atoms with van der Waals surface area (Å²) in [6, 6.07) is 10.2. The Morgan fingerprint density at radius 1 is 1.07 bits per heavy atom. The monoisotopic (exact) mass is 633 g/mol. The van der Waals surface area contributed by atoms with Crippen LogP contribution in [-0.2, 0) is 40.5 Å². The van der Waals surface area contributed by atoms with E-state index in [0.29, 0.717) is 29.9 Å². The Morgan fingerprint density at radius 2 is 1.80 bits per heavy atom.